The summed E-state index contributed by atoms with van der Waals surface area (Å²) < 4.78 is 0. The van der Waals surface area contributed by atoms with Crippen molar-refractivity contribution >= 4 is 0 Å². The molecule has 5 N–H and O–H groups in total. The van der Waals surface area contributed by atoms with E-state index in [0.717, 1.165) is 0 Å². The molecule has 0 atom stereocenters. The van der Waals surface area contributed by atoms with Gasteiger partial charge < -0.3 is 25.5 Å². The van der Waals surface area contributed by atoms with Crippen molar-refractivity contribution in [3.8, 4) is 12.3 Å². The Kier molecular flexibility index (Phi) is 10.8. The number of aliphatic hydroxyl groups excluding tert-OH is 5. The second-order valence-corrected chi connectivity index (χ2v) is 2.49. The van der Waals surface area contributed by atoms with Gasteiger partial charge >= 0.3 is 0 Å². The fraction of sp³-hybridized carbons (Fsp3) is 0.750. The van der Waals surface area contributed by atoms with Crippen molar-refractivity contribution in [2.24, 2.45) is 5.41 Å². The molecule has 5 heteroatoms. The Labute approximate surface area is 77.3 Å². The van der Waals surface area contributed by atoms with E-state index in [0.29, 0.717) is 0 Å². The van der Waals surface area contributed by atoms with Crippen LogP contribution in [0, 0.1) is 17.8 Å². The van der Waals surface area contributed by atoms with Crippen LogP contribution in [0.3, 0.4) is 0 Å². The van der Waals surface area contributed by atoms with Gasteiger partial charge in [-0.3, -0.25) is 0 Å². The van der Waals surface area contributed by atoms with Gasteiger partial charge in [0.05, 0.1) is 31.8 Å². The number of hydrogen-bond donors (Lipinski definition) is 5. The third-order valence-corrected chi connectivity index (χ3v) is 1.43. The van der Waals surface area contributed by atoms with Crippen LogP contribution in [-0.2, 0) is 0 Å². The lowest BCUT2D eigenvalue weighted by molar-refractivity contribution is -0.0328. The molecule has 0 rings (SSSR count). The number of hydrogen-bond acceptors (Lipinski definition) is 5. The second-order valence-electron chi connectivity index (χ2n) is 2.49. The fourth-order valence-corrected chi connectivity index (χ4v) is 0.300. The molecule has 0 saturated heterocycles. The summed E-state index contributed by atoms with van der Waals surface area (Å²) in [5.74, 6) is 1.99. The molecule has 78 valence electrons. The van der Waals surface area contributed by atoms with Gasteiger partial charge in [-0.05, 0) is 0 Å². The lowest BCUT2D eigenvalue weighted by Crippen LogP contribution is -2.37. The summed E-state index contributed by atoms with van der Waals surface area (Å²) >= 11 is 0. The third-order valence-electron chi connectivity index (χ3n) is 1.43. The highest BCUT2D eigenvalue weighted by molar-refractivity contribution is 4.81. The van der Waals surface area contributed by atoms with Gasteiger partial charge in [0.15, 0.2) is 0 Å². The van der Waals surface area contributed by atoms with Gasteiger partial charge in [-0.25, -0.2) is 0 Å². The lowest BCUT2D eigenvalue weighted by Gasteiger charge is -2.23. The van der Waals surface area contributed by atoms with E-state index >= 15 is 0 Å². The highest BCUT2D eigenvalue weighted by atomic mass is 16.3. The number of terminal acetylenes is 1. The quantitative estimate of drug-likeness (QED) is 0.318. The molecular weight excluding hydrogens is 176 g/mol. The van der Waals surface area contributed by atoms with Gasteiger partial charge in [-0.2, -0.15) is 0 Å². The normalized spacial score (nSPS) is 9.85. The Morgan fingerprint density at radius 1 is 0.846 bits per heavy atom. The van der Waals surface area contributed by atoms with E-state index in [1.807, 2.05) is 5.92 Å². The van der Waals surface area contributed by atoms with Crippen LogP contribution in [0.5, 0.6) is 0 Å². The summed E-state index contributed by atoms with van der Waals surface area (Å²) in [6, 6.07) is 0. The first-order valence-electron chi connectivity index (χ1n) is 3.64. The summed E-state index contributed by atoms with van der Waals surface area (Å²) in [6.45, 7) is -1.78. The van der Waals surface area contributed by atoms with Crippen LogP contribution in [0.1, 0.15) is 0 Å². The van der Waals surface area contributed by atoms with Crippen LogP contribution in [-0.4, -0.2) is 58.6 Å². The molecule has 0 fully saturated rings. The fourth-order valence-electron chi connectivity index (χ4n) is 0.300. The largest absolute Gasteiger partial charge is 0.396 e. The Morgan fingerprint density at radius 2 is 1.08 bits per heavy atom. The molecular formula is C8H16O5. The maximum atomic E-state index is 8.50. The van der Waals surface area contributed by atoms with Gasteiger partial charge in [0.25, 0.3) is 0 Å². The topological polar surface area (TPSA) is 101 Å². The van der Waals surface area contributed by atoms with E-state index in [9.17, 15) is 0 Å². The summed E-state index contributed by atoms with van der Waals surface area (Å²) in [7, 11) is 0. The summed E-state index contributed by atoms with van der Waals surface area (Å²) in [6.07, 6.45) is 4.53. The Hall–Kier alpha value is -0.640. The molecule has 0 aromatic carbocycles. The minimum Gasteiger partial charge on any atom is -0.396 e. The van der Waals surface area contributed by atoms with Crippen LogP contribution < -0.4 is 0 Å². The van der Waals surface area contributed by atoms with E-state index in [1.54, 1.807) is 0 Å². The molecule has 0 aliphatic rings. The molecule has 0 aliphatic carbocycles. The number of aliphatic hydroxyl groups is 5. The van der Waals surface area contributed by atoms with Crippen molar-refractivity contribution in [3.63, 3.8) is 0 Å². The van der Waals surface area contributed by atoms with Gasteiger partial charge in [-0.15, -0.1) is 6.42 Å². The first-order chi connectivity index (χ1) is 6.16. The Morgan fingerprint density at radius 3 is 1.08 bits per heavy atom. The van der Waals surface area contributed by atoms with E-state index in [1.165, 1.54) is 0 Å². The first-order valence-corrected chi connectivity index (χ1v) is 3.64. The molecule has 0 saturated carbocycles. The predicted octanol–water partition coefficient (Wildman–Crippen LogP) is -2.45. The Balaban J connectivity index is 0. The third kappa shape index (κ3) is 6.51. The van der Waals surface area contributed by atoms with E-state index in [2.05, 4.69) is 6.42 Å². The van der Waals surface area contributed by atoms with Crippen molar-refractivity contribution in [1.29, 1.82) is 0 Å². The molecule has 13 heavy (non-hydrogen) atoms. The molecule has 0 bridgehead atoms. The zero-order chi connectivity index (χ0) is 10.7. The lowest BCUT2D eigenvalue weighted by atomic mass is 9.93. The van der Waals surface area contributed by atoms with Crippen molar-refractivity contribution in [1.82, 2.24) is 0 Å². The molecule has 0 amide bonds. The van der Waals surface area contributed by atoms with Crippen molar-refractivity contribution < 1.29 is 25.5 Å². The summed E-state index contributed by atoms with van der Waals surface area (Å²) in [4.78, 5) is 0. The van der Waals surface area contributed by atoms with Crippen LogP contribution in [0.4, 0.5) is 0 Å². The smallest absolute Gasteiger partial charge is 0.103 e. The van der Waals surface area contributed by atoms with Crippen LogP contribution in [0.2, 0.25) is 0 Å². The molecule has 5 nitrogen and oxygen atoms in total. The molecule has 0 aromatic heterocycles. The molecule has 0 radical (unpaired) electrons. The predicted molar refractivity (Wildman–Crippen MR) is 46.7 cm³/mol. The van der Waals surface area contributed by atoms with E-state index in [4.69, 9.17) is 25.5 Å². The average Bonchev–Trinajstić information content (AvgIpc) is 2.23. The average molecular weight is 192 g/mol. The van der Waals surface area contributed by atoms with E-state index < -0.39 is 31.8 Å². The summed E-state index contributed by atoms with van der Waals surface area (Å²) in [5.41, 5.74) is -1.11. The SMILES string of the molecule is C#CCO.OCC(CO)(CO)CO. The molecule has 0 unspecified atom stereocenters. The zero-order valence-corrected chi connectivity index (χ0v) is 7.35. The van der Waals surface area contributed by atoms with Crippen LogP contribution in [0.25, 0.3) is 0 Å². The molecule has 0 spiro atoms. The molecule has 0 aliphatic heterocycles. The maximum Gasteiger partial charge on any atom is 0.103 e. The maximum absolute atomic E-state index is 8.50. The van der Waals surface area contributed by atoms with Gasteiger partial charge in [0, 0.05) is 0 Å². The Bertz CT molecular complexity index is 118. The number of rotatable bonds is 4. The summed E-state index contributed by atoms with van der Waals surface area (Å²) in [5, 5.41) is 41.6. The van der Waals surface area contributed by atoms with Crippen molar-refractivity contribution in [2.45, 2.75) is 0 Å². The van der Waals surface area contributed by atoms with Gasteiger partial charge in [0.2, 0.25) is 0 Å². The van der Waals surface area contributed by atoms with Crippen molar-refractivity contribution in [3.05, 3.63) is 0 Å². The zero-order valence-electron chi connectivity index (χ0n) is 7.35. The monoisotopic (exact) mass is 192 g/mol. The molecule has 0 aromatic rings. The second kappa shape index (κ2) is 9.45. The first kappa shape index (κ1) is 14.9. The van der Waals surface area contributed by atoms with Gasteiger partial charge in [-0.1, -0.05) is 5.92 Å². The highest BCUT2D eigenvalue weighted by Crippen LogP contribution is 2.11. The van der Waals surface area contributed by atoms with Gasteiger partial charge in [0.1, 0.15) is 6.61 Å². The van der Waals surface area contributed by atoms with Crippen molar-refractivity contribution in [2.75, 3.05) is 33.0 Å². The minimum absolute atomic E-state index is 0.153. The standard InChI is InChI=1S/C5H12O4.C3H4O/c6-1-5(2-7,3-8)4-9;1-2-3-4/h6-9H,1-4H2;1,4H,3H2. The highest BCUT2D eigenvalue weighted by Gasteiger charge is 2.26. The minimum atomic E-state index is -1.11. The van der Waals surface area contributed by atoms with E-state index in [-0.39, 0.29) is 6.61 Å². The van der Waals surface area contributed by atoms with Crippen LogP contribution >= 0.6 is 0 Å². The molecule has 0 heterocycles. The van der Waals surface area contributed by atoms with Crippen LogP contribution in [0.15, 0.2) is 0 Å².